The molecule has 0 saturated heterocycles. The van der Waals surface area contributed by atoms with Gasteiger partial charge in [-0.15, -0.1) is 0 Å². The lowest BCUT2D eigenvalue weighted by molar-refractivity contribution is -0.111. The van der Waals surface area contributed by atoms with Gasteiger partial charge >= 0.3 is 0 Å². The van der Waals surface area contributed by atoms with E-state index in [9.17, 15) is 4.79 Å². The Balaban J connectivity index is 1.67. The van der Waals surface area contributed by atoms with E-state index in [1.807, 2.05) is 68.4 Å². The third-order valence-electron chi connectivity index (χ3n) is 4.91. The van der Waals surface area contributed by atoms with Crippen molar-refractivity contribution in [3.8, 4) is 11.5 Å². The van der Waals surface area contributed by atoms with Crippen molar-refractivity contribution in [3.05, 3.63) is 94.6 Å². The van der Waals surface area contributed by atoms with E-state index in [4.69, 9.17) is 9.47 Å². The third-order valence-corrected chi connectivity index (χ3v) is 4.91. The smallest absolute Gasteiger partial charge is 0.248 e. The van der Waals surface area contributed by atoms with E-state index in [2.05, 4.69) is 18.3 Å². The number of methoxy groups -OCH3 is 1. The molecule has 3 rings (SSSR count). The van der Waals surface area contributed by atoms with Crippen molar-refractivity contribution < 1.29 is 14.3 Å². The zero-order chi connectivity index (χ0) is 21.5. The molecule has 1 amide bonds. The van der Waals surface area contributed by atoms with Crippen LogP contribution in [0.3, 0.4) is 0 Å². The molecule has 0 spiro atoms. The van der Waals surface area contributed by atoms with Crippen molar-refractivity contribution >= 4 is 17.7 Å². The lowest BCUT2D eigenvalue weighted by Gasteiger charge is -2.12. The fraction of sp³-hybridized carbons (Fsp3) is 0.192. The van der Waals surface area contributed by atoms with Crippen molar-refractivity contribution in [2.75, 3.05) is 12.4 Å². The van der Waals surface area contributed by atoms with Gasteiger partial charge in [0, 0.05) is 11.8 Å². The molecule has 3 aromatic rings. The number of aryl methyl sites for hydroxylation is 3. The standard InChI is InChI=1S/C26H27NO3/c1-18-9-10-20(3)23(15-18)27-26(28)14-12-21-11-13-24(25(16-21)29-4)30-17-22-8-6-5-7-19(22)2/h5-16H,17H2,1-4H3,(H,27,28)/b14-12+. The Labute approximate surface area is 178 Å². The maximum absolute atomic E-state index is 12.3. The first-order chi connectivity index (χ1) is 14.5. The van der Waals surface area contributed by atoms with Gasteiger partial charge in [-0.05, 0) is 72.9 Å². The molecule has 1 N–H and O–H groups in total. The van der Waals surface area contributed by atoms with Crippen molar-refractivity contribution in [2.45, 2.75) is 27.4 Å². The number of nitrogens with one attached hydrogen (secondary N) is 1. The molecular weight excluding hydrogens is 374 g/mol. The summed E-state index contributed by atoms with van der Waals surface area (Å²) in [5, 5.41) is 2.92. The van der Waals surface area contributed by atoms with Crippen LogP contribution in [0.25, 0.3) is 6.08 Å². The fourth-order valence-corrected chi connectivity index (χ4v) is 3.05. The number of amides is 1. The van der Waals surface area contributed by atoms with Gasteiger partial charge in [-0.2, -0.15) is 0 Å². The summed E-state index contributed by atoms with van der Waals surface area (Å²) in [7, 11) is 1.61. The molecule has 0 heterocycles. The Kier molecular flexibility index (Phi) is 6.91. The SMILES string of the molecule is COc1cc(/C=C/C(=O)Nc2cc(C)ccc2C)ccc1OCc1ccccc1C. The highest BCUT2D eigenvalue weighted by Gasteiger charge is 2.07. The number of benzene rings is 3. The third kappa shape index (κ3) is 5.51. The quantitative estimate of drug-likeness (QED) is 0.505. The van der Waals surface area contributed by atoms with Gasteiger partial charge < -0.3 is 14.8 Å². The summed E-state index contributed by atoms with van der Waals surface area (Å²) >= 11 is 0. The van der Waals surface area contributed by atoms with E-state index in [1.54, 1.807) is 13.2 Å². The van der Waals surface area contributed by atoms with E-state index in [-0.39, 0.29) is 5.91 Å². The summed E-state index contributed by atoms with van der Waals surface area (Å²) in [6, 6.07) is 19.7. The first-order valence-electron chi connectivity index (χ1n) is 9.88. The maximum atomic E-state index is 12.3. The van der Waals surface area contributed by atoms with E-state index < -0.39 is 0 Å². The number of anilines is 1. The highest BCUT2D eigenvalue weighted by molar-refractivity contribution is 6.02. The van der Waals surface area contributed by atoms with Crippen molar-refractivity contribution in [3.63, 3.8) is 0 Å². The van der Waals surface area contributed by atoms with Crippen molar-refractivity contribution in [1.29, 1.82) is 0 Å². The summed E-state index contributed by atoms with van der Waals surface area (Å²) < 4.78 is 11.4. The first kappa shape index (κ1) is 21.2. The van der Waals surface area contributed by atoms with Gasteiger partial charge in [0.05, 0.1) is 7.11 Å². The predicted molar refractivity (Wildman–Crippen MR) is 122 cm³/mol. The fourth-order valence-electron chi connectivity index (χ4n) is 3.05. The highest BCUT2D eigenvalue weighted by atomic mass is 16.5. The minimum atomic E-state index is -0.178. The van der Waals surface area contributed by atoms with Crippen molar-refractivity contribution in [1.82, 2.24) is 0 Å². The molecule has 0 aliphatic rings. The second kappa shape index (κ2) is 9.79. The molecule has 0 aliphatic carbocycles. The molecule has 4 heteroatoms. The Morgan fingerprint density at radius 2 is 1.73 bits per heavy atom. The summed E-state index contributed by atoms with van der Waals surface area (Å²) in [4.78, 5) is 12.3. The monoisotopic (exact) mass is 401 g/mol. The van der Waals surface area contributed by atoms with E-state index in [0.717, 1.165) is 27.9 Å². The molecule has 154 valence electrons. The van der Waals surface area contributed by atoms with Crippen LogP contribution in [0, 0.1) is 20.8 Å². The number of rotatable bonds is 7. The average molecular weight is 402 g/mol. The number of hydrogen-bond donors (Lipinski definition) is 1. The molecule has 3 aromatic carbocycles. The minimum Gasteiger partial charge on any atom is -0.493 e. The zero-order valence-corrected chi connectivity index (χ0v) is 17.9. The highest BCUT2D eigenvalue weighted by Crippen LogP contribution is 2.29. The van der Waals surface area contributed by atoms with Crippen LogP contribution in [-0.4, -0.2) is 13.0 Å². The van der Waals surface area contributed by atoms with Crippen LogP contribution in [0.1, 0.15) is 27.8 Å². The number of carbonyl (C=O) groups excluding carboxylic acids is 1. The molecule has 0 saturated carbocycles. The Morgan fingerprint density at radius 3 is 2.50 bits per heavy atom. The first-order valence-corrected chi connectivity index (χ1v) is 9.88. The van der Waals surface area contributed by atoms with Crippen LogP contribution >= 0.6 is 0 Å². The average Bonchev–Trinajstić information content (AvgIpc) is 2.74. The molecule has 0 fully saturated rings. The van der Waals surface area contributed by atoms with E-state index >= 15 is 0 Å². The van der Waals surface area contributed by atoms with Crippen LogP contribution in [-0.2, 0) is 11.4 Å². The van der Waals surface area contributed by atoms with Gasteiger partial charge in [0.2, 0.25) is 5.91 Å². The van der Waals surface area contributed by atoms with Crippen LogP contribution in [0.5, 0.6) is 11.5 Å². The van der Waals surface area contributed by atoms with E-state index in [1.165, 1.54) is 11.6 Å². The van der Waals surface area contributed by atoms with Gasteiger partial charge in [0.25, 0.3) is 0 Å². The molecule has 0 atom stereocenters. The number of hydrogen-bond acceptors (Lipinski definition) is 3. The lowest BCUT2D eigenvalue weighted by atomic mass is 10.1. The normalized spacial score (nSPS) is 10.8. The second-order valence-electron chi connectivity index (χ2n) is 7.27. The Bertz CT molecular complexity index is 1070. The second-order valence-corrected chi connectivity index (χ2v) is 7.27. The summed E-state index contributed by atoms with van der Waals surface area (Å²) in [6.07, 6.45) is 3.28. The number of carbonyl (C=O) groups is 1. The zero-order valence-electron chi connectivity index (χ0n) is 17.9. The Hall–Kier alpha value is -3.53. The molecule has 0 unspecified atom stereocenters. The summed E-state index contributed by atoms with van der Waals surface area (Å²) in [6.45, 7) is 6.50. The van der Waals surface area contributed by atoms with Crippen LogP contribution in [0.15, 0.2) is 66.7 Å². The number of ether oxygens (including phenoxy) is 2. The van der Waals surface area contributed by atoms with Crippen molar-refractivity contribution in [2.24, 2.45) is 0 Å². The molecule has 0 aromatic heterocycles. The van der Waals surface area contributed by atoms with Gasteiger partial charge in [0.1, 0.15) is 6.61 Å². The predicted octanol–water partition coefficient (Wildman–Crippen LogP) is 5.85. The van der Waals surface area contributed by atoms with Gasteiger partial charge in [-0.3, -0.25) is 4.79 Å². The van der Waals surface area contributed by atoms with Gasteiger partial charge in [0.15, 0.2) is 11.5 Å². The lowest BCUT2D eigenvalue weighted by Crippen LogP contribution is -2.09. The Morgan fingerprint density at radius 1 is 0.933 bits per heavy atom. The molecule has 0 radical (unpaired) electrons. The molecule has 0 aliphatic heterocycles. The van der Waals surface area contributed by atoms with Gasteiger partial charge in [-0.25, -0.2) is 0 Å². The molecule has 30 heavy (non-hydrogen) atoms. The van der Waals surface area contributed by atoms with Crippen LogP contribution < -0.4 is 14.8 Å². The minimum absolute atomic E-state index is 0.178. The van der Waals surface area contributed by atoms with Gasteiger partial charge in [-0.1, -0.05) is 42.5 Å². The topological polar surface area (TPSA) is 47.6 Å². The van der Waals surface area contributed by atoms with E-state index in [0.29, 0.717) is 18.1 Å². The van der Waals surface area contributed by atoms with Crippen LogP contribution in [0.2, 0.25) is 0 Å². The maximum Gasteiger partial charge on any atom is 0.248 e. The molecular formula is C26H27NO3. The molecule has 4 nitrogen and oxygen atoms in total. The summed E-state index contributed by atoms with van der Waals surface area (Å²) in [5.74, 6) is 1.11. The van der Waals surface area contributed by atoms with Crippen LogP contribution in [0.4, 0.5) is 5.69 Å². The largest absolute Gasteiger partial charge is 0.493 e. The molecule has 0 bridgehead atoms. The summed E-state index contributed by atoms with van der Waals surface area (Å²) in [5.41, 5.74) is 6.12.